The van der Waals surface area contributed by atoms with Crippen LogP contribution in [0.25, 0.3) is 0 Å². The van der Waals surface area contributed by atoms with Gasteiger partial charge in [0.15, 0.2) is 0 Å². The summed E-state index contributed by atoms with van der Waals surface area (Å²) in [5.41, 5.74) is -0.311. The lowest BCUT2D eigenvalue weighted by atomic mass is 10.1. The van der Waals surface area contributed by atoms with Gasteiger partial charge in [-0.05, 0) is 53.3 Å². The third-order valence-corrected chi connectivity index (χ3v) is 6.11. The number of nitrogens with zero attached hydrogens (tertiary/aromatic N) is 6. The van der Waals surface area contributed by atoms with Crippen molar-refractivity contribution in [3.8, 4) is 0 Å². The van der Waals surface area contributed by atoms with Crippen molar-refractivity contribution in [2.24, 2.45) is 0 Å². The summed E-state index contributed by atoms with van der Waals surface area (Å²) in [6, 6.07) is 0.244. The van der Waals surface area contributed by atoms with Crippen LogP contribution < -0.4 is 10.6 Å². The van der Waals surface area contributed by atoms with Crippen LogP contribution in [-0.4, -0.2) is 74.5 Å². The second-order valence-electron chi connectivity index (χ2n) is 9.65. The predicted molar refractivity (Wildman–Crippen MR) is 128 cm³/mol. The van der Waals surface area contributed by atoms with Gasteiger partial charge in [0.2, 0.25) is 5.95 Å². The number of aryl methyl sites for hydroxylation is 1. The molecule has 2 N–H and O–H groups in total. The molecule has 1 unspecified atom stereocenters. The number of carbonyl (C=O) groups is 1. The number of rotatable bonds is 8. The molecule has 2 aromatic heterocycles. The van der Waals surface area contributed by atoms with Crippen LogP contribution in [0.15, 0.2) is 24.7 Å². The molecule has 1 fully saturated rings. The van der Waals surface area contributed by atoms with E-state index in [1.165, 1.54) is 4.90 Å². The number of nitrogens with one attached hydrogen (secondary N) is 2. The van der Waals surface area contributed by atoms with Crippen molar-refractivity contribution in [1.29, 1.82) is 0 Å². The highest BCUT2D eigenvalue weighted by Gasteiger charge is 2.35. The summed E-state index contributed by atoms with van der Waals surface area (Å²) in [5.74, 6) is -0.304. The molecule has 1 amide bonds. The molecule has 1 atom stereocenters. The number of cyclic esters (lactones) is 1. The molecule has 2 aliphatic rings. The molecule has 0 spiro atoms. The van der Waals surface area contributed by atoms with Gasteiger partial charge in [-0.2, -0.15) is 23.3 Å². The lowest BCUT2D eigenvalue weighted by Crippen LogP contribution is -2.39. The molecular weight excluding hydrogens is 477 g/mol. The monoisotopic (exact) mass is 508 g/mol. The fourth-order valence-electron chi connectivity index (χ4n) is 4.09. The molecule has 2 aliphatic heterocycles. The van der Waals surface area contributed by atoms with E-state index in [0.29, 0.717) is 17.8 Å². The first kappa shape index (κ1) is 25.7. The molecule has 13 heteroatoms. The lowest BCUT2D eigenvalue weighted by molar-refractivity contribution is -0.137. The van der Waals surface area contributed by atoms with Crippen LogP contribution in [0.3, 0.4) is 0 Å². The van der Waals surface area contributed by atoms with E-state index in [1.807, 2.05) is 17.8 Å². The first-order chi connectivity index (χ1) is 16.9. The maximum atomic E-state index is 13.6. The van der Waals surface area contributed by atoms with E-state index >= 15 is 0 Å². The third-order valence-electron chi connectivity index (χ3n) is 6.11. The van der Waals surface area contributed by atoms with E-state index in [9.17, 15) is 18.0 Å². The van der Waals surface area contributed by atoms with Gasteiger partial charge in [-0.3, -0.25) is 9.58 Å². The number of hydrogen-bond acceptors (Lipinski definition) is 8. The smallest absolute Gasteiger partial charge is 0.421 e. The molecule has 4 heterocycles. The first-order valence-corrected chi connectivity index (χ1v) is 11.8. The van der Waals surface area contributed by atoms with E-state index in [2.05, 4.69) is 37.6 Å². The van der Waals surface area contributed by atoms with Gasteiger partial charge in [0.25, 0.3) is 0 Å². The molecule has 4 rings (SSSR count). The Bertz CT molecular complexity index is 1130. The molecular formula is C23H31F3N8O2. The van der Waals surface area contributed by atoms with Crippen molar-refractivity contribution in [3.63, 3.8) is 0 Å². The summed E-state index contributed by atoms with van der Waals surface area (Å²) in [4.78, 5) is 23.6. The molecule has 36 heavy (non-hydrogen) atoms. The molecule has 0 aliphatic carbocycles. The van der Waals surface area contributed by atoms with Crippen LogP contribution in [0.1, 0.15) is 44.0 Å². The Morgan fingerprint density at radius 3 is 2.75 bits per heavy atom. The number of ether oxygens (including phenoxy) is 1. The number of halogens is 3. The summed E-state index contributed by atoms with van der Waals surface area (Å²) in [6.07, 6.45) is 2.22. The van der Waals surface area contributed by atoms with Crippen LogP contribution in [0.5, 0.6) is 0 Å². The first-order valence-electron chi connectivity index (χ1n) is 11.8. The largest absolute Gasteiger partial charge is 0.439 e. The van der Waals surface area contributed by atoms with Crippen molar-refractivity contribution in [1.82, 2.24) is 29.5 Å². The van der Waals surface area contributed by atoms with Crippen molar-refractivity contribution < 1.29 is 22.7 Å². The molecule has 10 nitrogen and oxygen atoms in total. The fraction of sp³-hybridized carbons (Fsp3) is 0.565. The van der Waals surface area contributed by atoms with E-state index in [-0.39, 0.29) is 30.9 Å². The molecule has 1 saturated heterocycles. The van der Waals surface area contributed by atoms with Crippen LogP contribution in [-0.2, 0) is 10.9 Å². The Kier molecular flexibility index (Phi) is 7.12. The quantitative estimate of drug-likeness (QED) is 0.513. The standard InChI is InChI=1S/C23H31F3N8O2/c1-15-18(14-34(31-15)16-6-10-32(4)13-16)29-20-28-12-17(23(24,25)26)19(30-20)27-8-5-9-33-11-7-22(2,3)36-21(33)35/h7,11-12,14,16H,5-6,8-10,13H2,1-4H3,(H2,27,28,29,30). The van der Waals surface area contributed by atoms with Crippen molar-refractivity contribution in [2.45, 2.75) is 51.4 Å². The van der Waals surface area contributed by atoms with E-state index in [0.717, 1.165) is 25.7 Å². The minimum Gasteiger partial charge on any atom is -0.439 e. The normalized spacial score (nSPS) is 20.0. The molecule has 2 aromatic rings. The number of likely N-dealkylation sites (N-methyl/N-ethyl adjacent to an activating group) is 1. The number of aromatic nitrogens is 4. The molecule has 0 saturated carbocycles. The van der Waals surface area contributed by atoms with Gasteiger partial charge in [0, 0.05) is 38.2 Å². The molecule has 196 valence electrons. The van der Waals surface area contributed by atoms with E-state index in [1.54, 1.807) is 26.1 Å². The van der Waals surface area contributed by atoms with Crippen LogP contribution >= 0.6 is 0 Å². The SMILES string of the molecule is Cc1nn(C2CCN(C)C2)cc1Nc1ncc(C(F)(F)F)c(NCCCN2C=CC(C)(C)OC2=O)n1. The number of amides is 1. The van der Waals surface area contributed by atoms with Gasteiger partial charge >= 0.3 is 12.3 Å². The number of alkyl halides is 3. The summed E-state index contributed by atoms with van der Waals surface area (Å²) in [6.45, 7) is 7.66. The molecule has 0 radical (unpaired) electrons. The summed E-state index contributed by atoms with van der Waals surface area (Å²) in [7, 11) is 2.05. The van der Waals surface area contributed by atoms with Crippen molar-refractivity contribution in [3.05, 3.63) is 35.9 Å². The maximum Gasteiger partial charge on any atom is 0.421 e. The van der Waals surface area contributed by atoms with Gasteiger partial charge in [-0.15, -0.1) is 0 Å². The topological polar surface area (TPSA) is 100 Å². The van der Waals surface area contributed by atoms with E-state index in [4.69, 9.17) is 4.74 Å². The lowest BCUT2D eigenvalue weighted by Gasteiger charge is -2.31. The maximum absolute atomic E-state index is 13.6. The van der Waals surface area contributed by atoms with Gasteiger partial charge < -0.3 is 20.3 Å². The second kappa shape index (κ2) is 9.96. The highest BCUT2D eigenvalue weighted by atomic mass is 19.4. The Balaban J connectivity index is 1.42. The fourth-order valence-corrected chi connectivity index (χ4v) is 4.09. The zero-order valence-corrected chi connectivity index (χ0v) is 20.8. The highest BCUT2D eigenvalue weighted by Crippen LogP contribution is 2.34. The van der Waals surface area contributed by atoms with Crippen LogP contribution in [0.2, 0.25) is 0 Å². The number of hydrogen-bond donors (Lipinski definition) is 2. The number of anilines is 3. The summed E-state index contributed by atoms with van der Waals surface area (Å²) >= 11 is 0. The average Bonchev–Trinajstić information content (AvgIpc) is 3.37. The Labute approximate surface area is 207 Å². The summed E-state index contributed by atoms with van der Waals surface area (Å²) in [5, 5.41) is 10.3. The zero-order chi connectivity index (χ0) is 26.1. The minimum absolute atomic E-state index is 0.0291. The van der Waals surface area contributed by atoms with Gasteiger partial charge in [-0.1, -0.05) is 0 Å². The Hall–Kier alpha value is -3.35. The van der Waals surface area contributed by atoms with Gasteiger partial charge in [-0.25, -0.2) is 9.78 Å². The molecule has 0 bridgehead atoms. The van der Waals surface area contributed by atoms with Crippen molar-refractivity contribution in [2.75, 3.05) is 43.9 Å². The van der Waals surface area contributed by atoms with E-state index < -0.39 is 23.4 Å². The van der Waals surface area contributed by atoms with Crippen LogP contribution in [0.4, 0.5) is 35.4 Å². The third kappa shape index (κ3) is 6.07. The minimum atomic E-state index is -4.62. The second-order valence-corrected chi connectivity index (χ2v) is 9.65. The Morgan fingerprint density at radius 1 is 1.31 bits per heavy atom. The predicted octanol–water partition coefficient (Wildman–Crippen LogP) is 4.17. The summed E-state index contributed by atoms with van der Waals surface area (Å²) < 4.78 is 47.9. The Morgan fingerprint density at radius 2 is 2.08 bits per heavy atom. The van der Waals surface area contributed by atoms with Gasteiger partial charge in [0.1, 0.15) is 17.0 Å². The average molecular weight is 509 g/mol. The van der Waals surface area contributed by atoms with Crippen LogP contribution in [0, 0.1) is 6.92 Å². The van der Waals surface area contributed by atoms with Gasteiger partial charge in [0.05, 0.1) is 17.4 Å². The molecule has 0 aromatic carbocycles. The number of carbonyl (C=O) groups excluding carboxylic acids is 1. The van der Waals surface area contributed by atoms with Crippen molar-refractivity contribution >= 4 is 23.5 Å². The zero-order valence-electron chi connectivity index (χ0n) is 20.8. The number of likely N-dealkylation sites (tertiary alicyclic amines) is 1. The highest BCUT2D eigenvalue weighted by molar-refractivity contribution is 5.70.